The van der Waals surface area contributed by atoms with E-state index in [-0.39, 0.29) is 22.2 Å². The van der Waals surface area contributed by atoms with Crippen LogP contribution in [0.5, 0.6) is 0 Å². The number of nitro benzene ring substituents is 1. The number of hydrogen-bond donors (Lipinski definition) is 0. The van der Waals surface area contributed by atoms with E-state index in [4.69, 9.17) is 11.6 Å². The molecule has 0 spiro atoms. The fraction of sp³-hybridized carbons (Fsp3) is 0.533. The first kappa shape index (κ1) is 16.5. The van der Waals surface area contributed by atoms with Gasteiger partial charge in [0.05, 0.1) is 10.5 Å². The summed E-state index contributed by atoms with van der Waals surface area (Å²) in [7, 11) is 0. The molecule has 0 bridgehead atoms. The molecule has 0 aromatic heterocycles. The first-order valence-corrected chi connectivity index (χ1v) is 7.04. The molecule has 0 saturated heterocycles. The molecule has 0 fully saturated rings. The van der Waals surface area contributed by atoms with E-state index in [1.807, 2.05) is 33.8 Å². The van der Waals surface area contributed by atoms with Crippen LogP contribution in [0.2, 0.25) is 5.02 Å². The summed E-state index contributed by atoms with van der Waals surface area (Å²) in [6, 6.07) is 3.79. The van der Waals surface area contributed by atoms with Gasteiger partial charge in [0.15, 0.2) is 0 Å². The van der Waals surface area contributed by atoms with E-state index in [1.54, 1.807) is 6.07 Å². The average molecular weight is 295 g/mol. The van der Waals surface area contributed by atoms with Crippen LogP contribution in [0.3, 0.4) is 0 Å². The third kappa shape index (κ3) is 3.71. The number of nitro groups is 1. The van der Waals surface area contributed by atoms with E-state index in [9.17, 15) is 15.4 Å². The second kappa shape index (κ2) is 6.71. The maximum atomic E-state index is 11.2. The first-order valence-electron chi connectivity index (χ1n) is 6.66. The smallest absolute Gasteiger partial charge is 0.258 e. The van der Waals surface area contributed by atoms with Crippen molar-refractivity contribution in [1.82, 2.24) is 0 Å². The molecule has 0 atom stereocenters. The lowest BCUT2D eigenvalue weighted by Gasteiger charge is -2.13. The van der Waals surface area contributed by atoms with Crippen LogP contribution in [0.4, 0.5) is 5.69 Å². The van der Waals surface area contributed by atoms with Gasteiger partial charge in [0.2, 0.25) is 0 Å². The Morgan fingerprint density at radius 1 is 1.25 bits per heavy atom. The zero-order valence-electron chi connectivity index (χ0n) is 12.2. The Balaban J connectivity index is 3.53. The summed E-state index contributed by atoms with van der Waals surface area (Å²) in [4.78, 5) is 10.8. The van der Waals surface area contributed by atoms with Crippen molar-refractivity contribution in [3.63, 3.8) is 0 Å². The van der Waals surface area contributed by atoms with E-state index >= 15 is 0 Å². The minimum Gasteiger partial charge on any atom is -0.258 e. The standard InChI is InChI=1S/C15H19ClN2O2/c1-9(2)5-11-7-12(6-10(3)4)15(18(19)20)14(16)13(11)8-17/h7,9-10H,5-6H2,1-4H3. The number of nitriles is 1. The van der Waals surface area contributed by atoms with Gasteiger partial charge in [-0.3, -0.25) is 10.1 Å². The predicted molar refractivity (Wildman–Crippen MR) is 79.9 cm³/mol. The number of nitrogens with zero attached hydrogens (tertiary/aromatic N) is 2. The van der Waals surface area contributed by atoms with Gasteiger partial charge in [-0.15, -0.1) is 0 Å². The van der Waals surface area contributed by atoms with Gasteiger partial charge < -0.3 is 0 Å². The zero-order valence-corrected chi connectivity index (χ0v) is 13.0. The third-order valence-electron chi connectivity index (χ3n) is 2.95. The molecule has 0 aliphatic heterocycles. The minimum atomic E-state index is -0.486. The van der Waals surface area contributed by atoms with E-state index in [0.717, 1.165) is 5.56 Å². The van der Waals surface area contributed by atoms with Gasteiger partial charge >= 0.3 is 0 Å². The van der Waals surface area contributed by atoms with Crippen molar-refractivity contribution in [2.45, 2.75) is 40.5 Å². The molecule has 0 radical (unpaired) electrons. The summed E-state index contributed by atoms with van der Waals surface area (Å²) in [6.07, 6.45) is 1.26. The molecule has 1 aromatic carbocycles. The maximum absolute atomic E-state index is 11.2. The summed E-state index contributed by atoms with van der Waals surface area (Å²) in [6.45, 7) is 8.08. The largest absolute Gasteiger partial charge is 0.292 e. The maximum Gasteiger partial charge on any atom is 0.292 e. The molecule has 0 unspecified atom stereocenters. The van der Waals surface area contributed by atoms with Crippen LogP contribution in [-0.4, -0.2) is 4.92 Å². The van der Waals surface area contributed by atoms with Crippen molar-refractivity contribution in [3.05, 3.63) is 37.9 Å². The highest BCUT2D eigenvalue weighted by Crippen LogP contribution is 2.36. The second-order valence-electron chi connectivity index (χ2n) is 5.80. The Morgan fingerprint density at radius 2 is 1.75 bits per heavy atom. The number of rotatable bonds is 5. The zero-order chi connectivity index (χ0) is 15.4. The molecule has 1 aromatic rings. The summed E-state index contributed by atoms with van der Waals surface area (Å²) in [5.41, 5.74) is 1.53. The molecule has 0 aliphatic carbocycles. The Bertz CT molecular complexity index is 560. The molecule has 0 heterocycles. The third-order valence-corrected chi connectivity index (χ3v) is 3.32. The van der Waals surface area contributed by atoms with Gasteiger partial charge in [-0.05, 0) is 36.3 Å². The van der Waals surface area contributed by atoms with E-state index < -0.39 is 4.92 Å². The SMILES string of the molecule is CC(C)Cc1cc(CC(C)C)c([N+](=O)[O-])c(Cl)c1C#N. The van der Waals surface area contributed by atoms with Crippen molar-refractivity contribution >= 4 is 17.3 Å². The second-order valence-corrected chi connectivity index (χ2v) is 6.18. The monoisotopic (exact) mass is 294 g/mol. The summed E-state index contributed by atoms with van der Waals surface area (Å²) in [5, 5.41) is 20.4. The summed E-state index contributed by atoms with van der Waals surface area (Å²) < 4.78 is 0. The minimum absolute atomic E-state index is 0.0219. The highest BCUT2D eigenvalue weighted by Gasteiger charge is 2.25. The topological polar surface area (TPSA) is 66.9 Å². The molecule has 1 rings (SSSR count). The van der Waals surface area contributed by atoms with Gasteiger partial charge in [-0.25, -0.2) is 0 Å². The molecule has 0 N–H and O–H groups in total. The van der Waals surface area contributed by atoms with Crippen LogP contribution in [0.15, 0.2) is 6.07 Å². The van der Waals surface area contributed by atoms with Crippen molar-refractivity contribution in [3.8, 4) is 6.07 Å². The van der Waals surface area contributed by atoms with Crippen LogP contribution < -0.4 is 0 Å². The summed E-state index contributed by atoms with van der Waals surface area (Å²) >= 11 is 6.12. The fourth-order valence-corrected chi connectivity index (χ4v) is 2.62. The lowest BCUT2D eigenvalue weighted by molar-refractivity contribution is -0.385. The first-order chi connectivity index (χ1) is 9.27. The molecule has 0 amide bonds. The van der Waals surface area contributed by atoms with E-state index in [2.05, 4.69) is 0 Å². The highest BCUT2D eigenvalue weighted by molar-refractivity contribution is 6.34. The van der Waals surface area contributed by atoms with Crippen LogP contribution >= 0.6 is 11.6 Å². The molecule has 108 valence electrons. The lowest BCUT2D eigenvalue weighted by atomic mass is 9.92. The molecule has 0 aliphatic rings. The van der Waals surface area contributed by atoms with Gasteiger partial charge in [-0.1, -0.05) is 39.3 Å². The quantitative estimate of drug-likeness (QED) is 0.592. The molecule has 5 heteroatoms. The van der Waals surface area contributed by atoms with Gasteiger partial charge in [0.1, 0.15) is 11.1 Å². The molecular formula is C15H19ClN2O2. The normalized spacial score (nSPS) is 10.9. The van der Waals surface area contributed by atoms with Gasteiger partial charge in [0.25, 0.3) is 5.69 Å². The van der Waals surface area contributed by atoms with Crippen molar-refractivity contribution in [2.24, 2.45) is 11.8 Å². The number of benzene rings is 1. The Labute approximate surface area is 124 Å². The van der Waals surface area contributed by atoms with Crippen molar-refractivity contribution in [1.29, 1.82) is 5.26 Å². The highest BCUT2D eigenvalue weighted by atomic mass is 35.5. The van der Waals surface area contributed by atoms with Crippen molar-refractivity contribution in [2.75, 3.05) is 0 Å². The van der Waals surface area contributed by atoms with Crippen LogP contribution in [0.25, 0.3) is 0 Å². The number of halogens is 1. The fourth-order valence-electron chi connectivity index (χ4n) is 2.27. The number of hydrogen-bond acceptors (Lipinski definition) is 3. The lowest BCUT2D eigenvalue weighted by Crippen LogP contribution is -2.06. The van der Waals surface area contributed by atoms with Crippen LogP contribution in [-0.2, 0) is 12.8 Å². The summed E-state index contributed by atoms with van der Waals surface area (Å²) in [5.74, 6) is 0.635. The Kier molecular flexibility index (Phi) is 5.52. The van der Waals surface area contributed by atoms with E-state index in [1.165, 1.54) is 0 Å². The Hall–Kier alpha value is -1.60. The predicted octanol–water partition coefficient (Wildman–Crippen LogP) is 4.52. The van der Waals surface area contributed by atoms with Gasteiger partial charge in [0, 0.05) is 5.56 Å². The Morgan fingerprint density at radius 3 is 2.15 bits per heavy atom. The van der Waals surface area contributed by atoms with Gasteiger partial charge in [-0.2, -0.15) is 5.26 Å². The van der Waals surface area contributed by atoms with Crippen LogP contribution in [0.1, 0.15) is 44.4 Å². The molecule has 20 heavy (non-hydrogen) atoms. The molecule has 4 nitrogen and oxygen atoms in total. The molecule has 0 saturated carbocycles. The van der Waals surface area contributed by atoms with Crippen LogP contribution in [0, 0.1) is 33.3 Å². The average Bonchev–Trinajstić information content (AvgIpc) is 2.26. The van der Waals surface area contributed by atoms with E-state index in [0.29, 0.717) is 24.3 Å². The molecular weight excluding hydrogens is 276 g/mol. The van der Waals surface area contributed by atoms with Crippen molar-refractivity contribution < 1.29 is 4.92 Å².